The van der Waals surface area contributed by atoms with Crippen LogP contribution in [0, 0.1) is 10.1 Å². The van der Waals surface area contributed by atoms with Gasteiger partial charge in [-0.2, -0.15) is 0 Å². The van der Waals surface area contributed by atoms with Crippen LogP contribution in [0.1, 0.15) is 27.7 Å². The molecule has 1 aliphatic heterocycles. The van der Waals surface area contributed by atoms with Gasteiger partial charge in [0.25, 0.3) is 0 Å². The van der Waals surface area contributed by atoms with Crippen LogP contribution < -0.4 is 0 Å². The topological polar surface area (TPSA) is 185 Å². The molecule has 1 aromatic rings. The van der Waals surface area contributed by atoms with E-state index in [1.165, 1.54) is 29.2 Å². The second-order valence-electron chi connectivity index (χ2n) is 7.19. The van der Waals surface area contributed by atoms with E-state index in [4.69, 9.17) is 28.4 Å². The predicted molar refractivity (Wildman–Crippen MR) is 112 cm³/mol. The van der Waals surface area contributed by atoms with Crippen molar-refractivity contribution < 1.29 is 52.5 Å². The third-order valence-corrected chi connectivity index (χ3v) is 4.35. The molecule has 0 bridgehead atoms. The third-order valence-electron chi connectivity index (χ3n) is 4.35. The Hall–Kier alpha value is -3.85. The monoisotopic (exact) mass is 499 g/mol. The maximum absolute atomic E-state index is 11.7. The molecule has 0 aliphatic carbocycles. The van der Waals surface area contributed by atoms with Crippen molar-refractivity contribution >= 4 is 36.0 Å². The minimum atomic E-state index is -1.50. The lowest BCUT2D eigenvalue weighted by Gasteiger charge is -2.43. The first kappa shape index (κ1) is 27.4. The molecule has 1 saturated heterocycles. The van der Waals surface area contributed by atoms with Gasteiger partial charge in [0.2, 0.25) is 12.4 Å². The number of carbonyl (C=O) groups excluding carboxylic acids is 4. The Bertz CT molecular complexity index is 974. The highest BCUT2D eigenvalue weighted by atomic mass is 16.7. The van der Waals surface area contributed by atoms with E-state index in [-0.39, 0.29) is 13.2 Å². The standard InChI is InChI=1S/C20H25N3O12/c1-11(24)31-16-15(10-30-9-5-7-22-8-6-21-20(22)23(28)29)35-19(34-14(4)27)18(33-13(3)26)17(16)32-12(2)25/h5-8,15-19H,9-10H2,1-4H3/b7-5+/t15-,16-,17+,18-,19+/m1/s1. The quantitative estimate of drug-likeness (QED) is 0.141. The molecule has 0 saturated carbocycles. The van der Waals surface area contributed by atoms with E-state index in [0.29, 0.717) is 0 Å². The first-order valence-corrected chi connectivity index (χ1v) is 10.3. The van der Waals surface area contributed by atoms with Gasteiger partial charge in [-0.3, -0.25) is 19.2 Å². The Kier molecular flexibility index (Phi) is 9.84. The van der Waals surface area contributed by atoms with Gasteiger partial charge in [0.15, 0.2) is 12.2 Å². The number of imidazole rings is 1. The number of aromatic nitrogens is 2. The Balaban J connectivity index is 2.21. The predicted octanol–water partition coefficient (Wildman–Crippen LogP) is 0.362. The molecule has 2 heterocycles. The Labute approximate surface area is 199 Å². The number of hydrogen-bond acceptors (Lipinski definition) is 13. The van der Waals surface area contributed by atoms with Gasteiger partial charge in [-0.05, 0) is 11.0 Å². The molecule has 192 valence electrons. The molecule has 0 spiro atoms. The summed E-state index contributed by atoms with van der Waals surface area (Å²) < 4.78 is 33.2. The zero-order chi connectivity index (χ0) is 26.1. The number of ether oxygens (including phenoxy) is 6. The zero-order valence-corrected chi connectivity index (χ0v) is 19.4. The number of carbonyl (C=O) groups is 4. The molecule has 0 unspecified atom stereocenters. The molecular formula is C20H25N3O12. The van der Waals surface area contributed by atoms with Crippen LogP contribution in [-0.2, 0) is 47.6 Å². The Morgan fingerprint density at radius 3 is 2.14 bits per heavy atom. The lowest BCUT2D eigenvalue weighted by atomic mass is 9.98. The van der Waals surface area contributed by atoms with E-state index in [2.05, 4.69) is 4.98 Å². The lowest BCUT2D eigenvalue weighted by Crippen LogP contribution is -2.63. The van der Waals surface area contributed by atoms with Gasteiger partial charge in [-0.1, -0.05) is 4.98 Å². The van der Waals surface area contributed by atoms with E-state index in [9.17, 15) is 29.3 Å². The van der Waals surface area contributed by atoms with Crippen molar-refractivity contribution in [2.24, 2.45) is 0 Å². The zero-order valence-electron chi connectivity index (χ0n) is 19.4. The fraction of sp³-hybridized carbons (Fsp3) is 0.550. The van der Waals surface area contributed by atoms with Crippen LogP contribution >= 0.6 is 0 Å². The molecule has 15 heteroatoms. The number of esters is 4. The van der Waals surface area contributed by atoms with E-state index >= 15 is 0 Å². The average molecular weight is 499 g/mol. The molecule has 5 atom stereocenters. The summed E-state index contributed by atoms with van der Waals surface area (Å²) in [5.74, 6) is -3.48. The highest BCUT2D eigenvalue weighted by Crippen LogP contribution is 2.30. The summed E-state index contributed by atoms with van der Waals surface area (Å²) in [5.41, 5.74) is 0. The van der Waals surface area contributed by atoms with Crippen LogP contribution in [0.4, 0.5) is 5.95 Å². The molecule has 35 heavy (non-hydrogen) atoms. The molecule has 0 amide bonds. The second kappa shape index (κ2) is 12.6. The summed E-state index contributed by atoms with van der Waals surface area (Å²) in [6.07, 6.45) is -1.26. The van der Waals surface area contributed by atoms with E-state index in [0.717, 1.165) is 27.7 Å². The van der Waals surface area contributed by atoms with E-state index < -0.39 is 65.5 Å². The summed E-state index contributed by atoms with van der Waals surface area (Å²) >= 11 is 0. The number of nitro groups is 1. The van der Waals surface area contributed by atoms with Gasteiger partial charge in [0.05, 0.1) is 19.4 Å². The van der Waals surface area contributed by atoms with Gasteiger partial charge in [-0.15, -0.1) is 0 Å². The van der Waals surface area contributed by atoms with Crippen molar-refractivity contribution in [3.8, 4) is 0 Å². The Morgan fingerprint density at radius 2 is 1.57 bits per heavy atom. The van der Waals surface area contributed by atoms with Crippen molar-refractivity contribution in [3.63, 3.8) is 0 Å². The summed E-state index contributed by atoms with van der Waals surface area (Å²) in [7, 11) is 0. The fourth-order valence-corrected chi connectivity index (χ4v) is 3.22. The van der Waals surface area contributed by atoms with Crippen molar-refractivity contribution in [2.75, 3.05) is 13.2 Å². The summed E-state index contributed by atoms with van der Waals surface area (Å²) in [6.45, 7) is 4.07. The second-order valence-corrected chi connectivity index (χ2v) is 7.19. The average Bonchev–Trinajstić information content (AvgIpc) is 3.20. The molecular weight excluding hydrogens is 474 g/mol. The van der Waals surface area contributed by atoms with Gasteiger partial charge in [-0.25, -0.2) is 4.57 Å². The largest absolute Gasteiger partial charge is 0.456 e. The van der Waals surface area contributed by atoms with Gasteiger partial charge >= 0.3 is 29.8 Å². The molecule has 1 aliphatic rings. The summed E-state index contributed by atoms with van der Waals surface area (Å²) in [6, 6.07) is 0. The van der Waals surface area contributed by atoms with E-state index in [1.54, 1.807) is 0 Å². The lowest BCUT2D eigenvalue weighted by molar-refractivity contribution is -0.395. The third kappa shape index (κ3) is 8.15. The van der Waals surface area contributed by atoms with Gasteiger partial charge in [0.1, 0.15) is 18.5 Å². The number of nitrogens with zero attached hydrogens (tertiary/aromatic N) is 3. The number of rotatable bonds is 10. The molecule has 0 radical (unpaired) electrons. The van der Waals surface area contributed by atoms with Crippen LogP contribution in [0.3, 0.4) is 0 Å². The van der Waals surface area contributed by atoms with Crippen LogP contribution in [0.25, 0.3) is 6.20 Å². The van der Waals surface area contributed by atoms with Crippen LogP contribution in [0.5, 0.6) is 0 Å². The smallest absolute Gasteiger partial charge is 0.439 e. The maximum atomic E-state index is 11.7. The molecule has 1 fully saturated rings. The first-order valence-electron chi connectivity index (χ1n) is 10.3. The molecule has 15 nitrogen and oxygen atoms in total. The summed E-state index contributed by atoms with van der Waals surface area (Å²) in [4.78, 5) is 60.6. The van der Waals surface area contributed by atoms with Crippen molar-refractivity contribution in [2.45, 2.75) is 58.4 Å². The van der Waals surface area contributed by atoms with Crippen molar-refractivity contribution in [1.29, 1.82) is 0 Å². The number of hydrogen-bond donors (Lipinski definition) is 0. The normalized spacial score (nSPS) is 23.9. The first-order chi connectivity index (χ1) is 16.5. The molecule has 2 rings (SSSR count). The SMILES string of the molecule is CC(=O)O[C@H]1O[C@H](COC/C=C/n2ccnc2[N+](=O)[O-])[C@@H](OC(C)=O)[C@H](OC(C)=O)[C@H]1OC(C)=O. The highest BCUT2D eigenvalue weighted by Gasteiger charge is 2.53. The molecule has 0 aromatic carbocycles. The molecule has 1 aromatic heterocycles. The minimum Gasteiger partial charge on any atom is -0.456 e. The van der Waals surface area contributed by atoms with E-state index in [1.807, 2.05) is 0 Å². The Morgan fingerprint density at radius 1 is 1.00 bits per heavy atom. The van der Waals surface area contributed by atoms with Crippen LogP contribution in [0.2, 0.25) is 0 Å². The fourth-order valence-electron chi connectivity index (χ4n) is 3.22. The molecule has 0 N–H and O–H groups in total. The maximum Gasteiger partial charge on any atom is 0.439 e. The summed E-state index contributed by atoms with van der Waals surface area (Å²) in [5, 5.41) is 10.9. The van der Waals surface area contributed by atoms with Gasteiger partial charge < -0.3 is 38.5 Å². The van der Waals surface area contributed by atoms with Crippen LogP contribution in [-0.4, -0.2) is 82.3 Å². The highest BCUT2D eigenvalue weighted by molar-refractivity contribution is 5.69. The van der Waals surface area contributed by atoms with Crippen molar-refractivity contribution in [3.05, 3.63) is 28.6 Å². The van der Waals surface area contributed by atoms with Gasteiger partial charge in [0, 0.05) is 27.7 Å². The minimum absolute atomic E-state index is 0.0637. The van der Waals surface area contributed by atoms with Crippen molar-refractivity contribution in [1.82, 2.24) is 9.55 Å². The van der Waals surface area contributed by atoms with Crippen LogP contribution in [0.15, 0.2) is 18.5 Å².